The van der Waals surface area contributed by atoms with Gasteiger partial charge in [-0.15, -0.1) is 0 Å². The van der Waals surface area contributed by atoms with Crippen molar-refractivity contribution in [1.29, 1.82) is 0 Å². The van der Waals surface area contributed by atoms with Gasteiger partial charge in [-0.05, 0) is 101 Å². The number of amides is 1. The Morgan fingerprint density at radius 3 is 1.42 bits per heavy atom. The molecule has 2 atom stereocenters. The van der Waals surface area contributed by atoms with Crippen molar-refractivity contribution in [3.8, 4) is 34.5 Å². The third-order valence-corrected chi connectivity index (χ3v) is 10.6. The SMILES string of the molecule is CCCCOc1c(OC)cc(C(=O)N[C@H]2CN3CCC2CC3)cc1OC.CCCCOc1c(OC)cc(C(=O)O)cc1OC.N[C@H]1CN2CCC1CC2. The summed E-state index contributed by atoms with van der Waals surface area (Å²) in [6, 6.07) is 7.04. The standard InChI is InChI=1S/C20H30N2O4.C13H18O5.C7H14N2/c1-4-5-10-26-19-17(24-2)11-15(12-18(19)25-3)20(23)21-16-13-22-8-6-14(16)7-9-22;1-4-5-6-18-12-10(16-2)7-9(13(14)15)8-11(12)17-3;8-7-5-9-3-1-6(7)2-4-9/h11-12,14,16H,4-10,13H2,1-3H3,(H,21,23);7-8H,4-6H2,1-3H3,(H,14,15);6-7H,1-5,8H2/t16-;;7-/m0.0/s1. The fraction of sp³-hybridized carbons (Fsp3) is 0.650. The molecule has 1 amide bonds. The number of fused-ring (bicyclic) bond motifs is 6. The van der Waals surface area contributed by atoms with Crippen molar-refractivity contribution in [2.45, 2.75) is 77.3 Å². The van der Waals surface area contributed by atoms with Gasteiger partial charge in [-0.2, -0.15) is 0 Å². The van der Waals surface area contributed by atoms with Crippen LogP contribution in [0.2, 0.25) is 0 Å². The van der Waals surface area contributed by atoms with E-state index in [1.807, 2.05) is 0 Å². The smallest absolute Gasteiger partial charge is 0.335 e. The average Bonchev–Trinajstić information content (AvgIpc) is 3.19. The molecule has 53 heavy (non-hydrogen) atoms. The fourth-order valence-electron chi connectivity index (χ4n) is 7.33. The van der Waals surface area contributed by atoms with Crippen molar-refractivity contribution in [3.63, 3.8) is 0 Å². The third kappa shape index (κ3) is 11.5. The molecule has 4 bridgehead atoms. The molecule has 0 saturated carbocycles. The largest absolute Gasteiger partial charge is 0.493 e. The number of ether oxygens (including phenoxy) is 6. The summed E-state index contributed by atoms with van der Waals surface area (Å²) in [5.74, 6) is 3.11. The highest BCUT2D eigenvalue weighted by Gasteiger charge is 2.35. The van der Waals surface area contributed by atoms with Crippen LogP contribution in [-0.2, 0) is 0 Å². The zero-order valence-corrected chi connectivity index (χ0v) is 32.6. The van der Waals surface area contributed by atoms with Crippen molar-refractivity contribution < 1.29 is 43.1 Å². The zero-order valence-electron chi connectivity index (χ0n) is 32.6. The van der Waals surface area contributed by atoms with Gasteiger partial charge in [0.1, 0.15) is 0 Å². The van der Waals surface area contributed by atoms with Crippen LogP contribution < -0.4 is 39.5 Å². The second kappa shape index (κ2) is 21.1. The summed E-state index contributed by atoms with van der Waals surface area (Å²) in [6.07, 6.45) is 8.95. The normalized spacial score (nSPS) is 23.7. The average molecular weight is 743 g/mol. The molecule has 0 radical (unpaired) electrons. The highest BCUT2D eigenvalue weighted by atomic mass is 16.5. The number of nitrogens with one attached hydrogen (secondary N) is 1. The number of aromatic carboxylic acids is 1. The number of methoxy groups -OCH3 is 4. The van der Waals surface area contributed by atoms with E-state index < -0.39 is 5.97 Å². The minimum absolute atomic E-state index is 0.0829. The second-order valence-corrected chi connectivity index (χ2v) is 14.1. The summed E-state index contributed by atoms with van der Waals surface area (Å²) in [5, 5.41) is 12.2. The number of nitrogens with two attached hydrogens (primary N) is 1. The summed E-state index contributed by atoms with van der Waals surface area (Å²) in [7, 11) is 6.09. The Kier molecular flexibility index (Phi) is 16.6. The van der Waals surface area contributed by atoms with Gasteiger partial charge in [0.2, 0.25) is 11.5 Å². The predicted octanol–water partition coefficient (Wildman–Crippen LogP) is 5.33. The van der Waals surface area contributed by atoms with Gasteiger partial charge in [0.15, 0.2) is 23.0 Å². The molecule has 6 saturated heterocycles. The minimum Gasteiger partial charge on any atom is -0.493 e. The Morgan fingerprint density at radius 1 is 0.698 bits per heavy atom. The maximum absolute atomic E-state index is 12.8. The second-order valence-electron chi connectivity index (χ2n) is 14.1. The van der Waals surface area contributed by atoms with E-state index in [1.54, 1.807) is 26.4 Å². The Balaban J connectivity index is 0.000000199. The van der Waals surface area contributed by atoms with Gasteiger partial charge >= 0.3 is 5.97 Å². The van der Waals surface area contributed by atoms with Gasteiger partial charge < -0.3 is 54.4 Å². The van der Waals surface area contributed by atoms with E-state index >= 15 is 0 Å². The van der Waals surface area contributed by atoms with E-state index in [0.717, 1.165) is 57.8 Å². The van der Waals surface area contributed by atoms with Crippen LogP contribution >= 0.6 is 0 Å². The van der Waals surface area contributed by atoms with Crippen molar-refractivity contribution in [2.24, 2.45) is 17.6 Å². The summed E-state index contributed by atoms with van der Waals surface area (Å²) >= 11 is 0. The Labute approximate surface area is 315 Å². The number of carboxylic acid groups (broad SMARTS) is 1. The van der Waals surface area contributed by atoms with Crippen LogP contribution in [0.3, 0.4) is 0 Å². The van der Waals surface area contributed by atoms with Crippen molar-refractivity contribution >= 4 is 11.9 Å². The van der Waals surface area contributed by atoms with Crippen LogP contribution in [0, 0.1) is 11.8 Å². The van der Waals surface area contributed by atoms with Gasteiger partial charge in [0, 0.05) is 30.7 Å². The minimum atomic E-state index is -1.04. The highest BCUT2D eigenvalue weighted by Crippen LogP contribution is 2.40. The molecule has 6 aliphatic rings. The molecule has 0 unspecified atom stereocenters. The molecule has 2 aromatic rings. The predicted molar refractivity (Wildman–Crippen MR) is 204 cm³/mol. The molecule has 6 aliphatic heterocycles. The van der Waals surface area contributed by atoms with Crippen molar-refractivity contribution in [3.05, 3.63) is 35.4 Å². The number of piperidine rings is 6. The van der Waals surface area contributed by atoms with Gasteiger partial charge in [-0.1, -0.05) is 26.7 Å². The molecule has 0 aromatic heterocycles. The number of benzene rings is 2. The van der Waals surface area contributed by atoms with Gasteiger partial charge in [0.05, 0.1) is 47.2 Å². The Morgan fingerprint density at radius 2 is 1.11 bits per heavy atom. The van der Waals surface area contributed by atoms with Crippen LogP contribution in [0.4, 0.5) is 0 Å². The van der Waals surface area contributed by atoms with Crippen LogP contribution in [0.5, 0.6) is 34.5 Å². The molecular weight excluding hydrogens is 680 g/mol. The van der Waals surface area contributed by atoms with E-state index in [9.17, 15) is 9.59 Å². The van der Waals surface area contributed by atoms with Crippen LogP contribution in [-0.4, -0.2) is 120 Å². The maximum Gasteiger partial charge on any atom is 0.335 e. The molecule has 8 rings (SSSR count). The summed E-state index contributed by atoms with van der Waals surface area (Å²) in [4.78, 5) is 28.7. The van der Waals surface area contributed by atoms with Gasteiger partial charge in [0.25, 0.3) is 5.91 Å². The first kappa shape index (κ1) is 41.8. The molecule has 6 fully saturated rings. The molecule has 6 heterocycles. The topological polar surface area (TPSA) is 154 Å². The first-order valence-corrected chi connectivity index (χ1v) is 19.2. The maximum atomic E-state index is 12.8. The number of carbonyl (C=O) groups is 2. The molecule has 296 valence electrons. The zero-order chi connectivity index (χ0) is 38.3. The lowest BCUT2D eigenvalue weighted by Crippen LogP contribution is -2.57. The lowest BCUT2D eigenvalue weighted by Gasteiger charge is -2.44. The number of carbonyl (C=O) groups excluding carboxylic acids is 1. The summed E-state index contributed by atoms with van der Waals surface area (Å²) in [5.41, 5.74) is 6.52. The number of hydrogen-bond acceptors (Lipinski definition) is 11. The molecular formula is C40H62N4O9. The molecule has 4 N–H and O–H groups in total. The summed E-state index contributed by atoms with van der Waals surface area (Å²) in [6.45, 7) is 12.3. The third-order valence-electron chi connectivity index (χ3n) is 10.6. The van der Waals surface area contributed by atoms with Crippen LogP contribution in [0.1, 0.15) is 85.9 Å². The number of unbranched alkanes of at least 4 members (excludes halogenated alkanes) is 2. The molecule has 0 spiro atoms. The number of rotatable bonds is 15. The van der Waals surface area contributed by atoms with Crippen molar-refractivity contribution in [1.82, 2.24) is 15.1 Å². The number of nitrogens with zero attached hydrogens (tertiary/aromatic N) is 2. The van der Waals surface area contributed by atoms with Gasteiger partial charge in [-0.3, -0.25) is 4.79 Å². The molecule has 2 aromatic carbocycles. The monoisotopic (exact) mass is 742 g/mol. The van der Waals surface area contributed by atoms with Gasteiger partial charge in [-0.25, -0.2) is 4.79 Å². The fourth-order valence-corrected chi connectivity index (χ4v) is 7.33. The highest BCUT2D eigenvalue weighted by molar-refractivity contribution is 5.96. The molecule has 13 nitrogen and oxygen atoms in total. The van der Waals surface area contributed by atoms with E-state index in [1.165, 1.54) is 65.1 Å². The molecule has 13 heteroatoms. The summed E-state index contributed by atoms with van der Waals surface area (Å²) < 4.78 is 32.6. The molecule has 0 aliphatic carbocycles. The van der Waals surface area contributed by atoms with Crippen LogP contribution in [0.25, 0.3) is 0 Å². The van der Waals surface area contributed by atoms with E-state index in [2.05, 4.69) is 29.0 Å². The first-order valence-electron chi connectivity index (χ1n) is 19.2. The van der Waals surface area contributed by atoms with Crippen LogP contribution in [0.15, 0.2) is 24.3 Å². The number of carboxylic acids is 1. The Hall–Kier alpha value is -3.94. The lowest BCUT2D eigenvalue weighted by atomic mass is 9.84. The van der Waals surface area contributed by atoms with Crippen molar-refractivity contribution in [2.75, 3.05) is 80.9 Å². The number of hydrogen-bond donors (Lipinski definition) is 3. The lowest BCUT2D eigenvalue weighted by molar-refractivity contribution is 0.0619. The van der Waals surface area contributed by atoms with E-state index in [-0.39, 0.29) is 17.5 Å². The van der Waals surface area contributed by atoms with E-state index in [4.69, 9.17) is 39.3 Å². The Bertz CT molecular complexity index is 1410. The quantitative estimate of drug-likeness (QED) is 0.202. The van der Waals surface area contributed by atoms with E-state index in [0.29, 0.717) is 65.2 Å². The first-order chi connectivity index (χ1) is 25.6.